The molecule has 1 heterocycles. The lowest BCUT2D eigenvalue weighted by Crippen LogP contribution is -2.34. The van der Waals surface area contributed by atoms with Gasteiger partial charge in [0.15, 0.2) is 6.61 Å². The van der Waals surface area contributed by atoms with Crippen molar-refractivity contribution in [3.8, 4) is 0 Å². The molecule has 0 N–H and O–H groups in total. The summed E-state index contributed by atoms with van der Waals surface area (Å²) in [5.41, 5.74) is 0.262. The number of hydrogen-bond acceptors (Lipinski definition) is 5. The molecular weight excluding hydrogens is 272 g/mol. The molecule has 0 bridgehead atoms. The summed E-state index contributed by atoms with van der Waals surface area (Å²) in [6, 6.07) is 0. The van der Waals surface area contributed by atoms with Crippen LogP contribution in [0.25, 0.3) is 0 Å². The fraction of sp³-hybridized carbons (Fsp3) is 0.750. The maximum absolute atomic E-state index is 11.7. The van der Waals surface area contributed by atoms with Gasteiger partial charge in [-0.2, -0.15) is 0 Å². The van der Waals surface area contributed by atoms with E-state index in [1.165, 1.54) is 13.3 Å². The van der Waals surface area contributed by atoms with Crippen LogP contribution in [-0.2, 0) is 23.8 Å². The molecule has 2 rings (SSSR count). The van der Waals surface area contributed by atoms with Crippen molar-refractivity contribution in [1.82, 2.24) is 0 Å². The number of carbonyl (C=O) groups excluding carboxylic acids is 2. The summed E-state index contributed by atoms with van der Waals surface area (Å²) in [6.07, 6.45) is 1.96. The lowest BCUT2D eigenvalue weighted by atomic mass is 9.92. The molecule has 0 radical (unpaired) electrons. The third-order valence-electron chi connectivity index (χ3n) is 4.36. The molecule has 0 aromatic heterocycles. The van der Waals surface area contributed by atoms with Crippen LogP contribution in [0.1, 0.15) is 33.6 Å². The summed E-state index contributed by atoms with van der Waals surface area (Å²) >= 11 is 0. The molecule has 0 aromatic carbocycles. The summed E-state index contributed by atoms with van der Waals surface area (Å²) in [5, 5.41) is 0. The monoisotopic (exact) mass is 296 g/mol. The first-order valence-corrected chi connectivity index (χ1v) is 7.52. The van der Waals surface area contributed by atoms with Crippen molar-refractivity contribution in [3.63, 3.8) is 0 Å². The van der Waals surface area contributed by atoms with E-state index in [1.54, 1.807) is 0 Å². The van der Waals surface area contributed by atoms with Crippen LogP contribution < -0.4 is 0 Å². The zero-order chi connectivity index (χ0) is 15.6. The van der Waals surface area contributed by atoms with Gasteiger partial charge >= 0.3 is 11.9 Å². The van der Waals surface area contributed by atoms with Crippen LogP contribution >= 0.6 is 0 Å². The molecule has 118 valence electrons. The molecule has 1 aliphatic carbocycles. The second kappa shape index (κ2) is 6.60. The van der Waals surface area contributed by atoms with Gasteiger partial charge in [-0.3, -0.25) is 0 Å². The van der Waals surface area contributed by atoms with Crippen molar-refractivity contribution in [1.29, 1.82) is 0 Å². The fourth-order valence-electron chi connectivity index (χ4n) is 3.44. The Morgan fingerprint density at radius 2 is 2.10 bits per heavy atom. The lowest BCUT2D eigenvalue weighted by Gasteiger charge is -2.24. The van der Waals surface area contributed by atoms with Crippen LogP contribution in [0.15, 0.2) is 12.2 Å². The molecule has 0 aromatic rings. The van der Waals surface area contributed by atoms with Crippen molar-refractivity contribution in [3.05, 3.63) is 12.2 Å². The molecule has 5 heteroatoms. The van der Waals surface area contributed by atoms with Gasteiger partial charge in [0, 0.05) is 5.57 Å². The number of rotatable bonds is 5. The molecule has 5 nitrogen and oxygen atoms in total. The van der Waals surface area contributed by atoms with Gasteiger partial charge < -0.3 is 14.2 Å². The summed E-state index contributed by atoms with van der Waals surface area (Å²) < 4.78 is 15.9. The number of ether oxygens (including phenoxy) is 3. The van der Waals surface area contributed by atoms with Gasteiger partial charge in [0.05, 0.1) is 12.7 Å². The maximum atomic E-state index is 11.7. The molecule has 0 spiro atoms. The smallest absolute Gasteiger partial charge is 0.344 e. The molecule has 0 amide bonds. The van der Waals surface area contributed by atoms with Gasteiger partial charge in [0.25, 0.3) is 0 Å². The van der Waals surface area contributed by atoms with Crippen LogP contribution in [0, 0.1) is 17.8 Å². The zero-order valence-corrected chi connectivity index (χ0v) is 13.0. The second-order valence-corrected chi connectivity index (χ2v) is 6.35. The normalized spacial score (nSPS) is 32.3. The van der Waals surface area contributed by atoms with Gasteiger partial charge in [-0.05, 0) is 44.4 Å². The minimum atomic E-state index is -0.582. The molecule has 1 aliphatic heterocycles. The number of carbonyl (C=O) groups is 2. The van der Waals surface area contributed by atoms with E-state index < -0.39 is 11.9 Å². The van der Waals surface area contributed by atoms with Gasteiger partial charge in [-0.25, -0.2) is 9.59 Å². The van der Waals surface area contributed by atoms with Crippen molar-refractivity contribution in [2.24, 2.45) is 17.8 Å². The Hall–Kier alpha value is -1.36. The molecule has 5 atom stereocenters. The molecular formula is C16H24O5. The third-order valence-corrected chi connectivity index (χ3v) is 4.36. The minimum Gasteiger partial charge on any atom is -0.457 e. The number of esters is 2. The quantitative estimate of drug-likeness (QED) is 0.574. The van der Waals surface area contributed by atoms with E-state index in [2.05, 4.69) is 13.5 Å². The van der Waals surface area contributed by atoms with Gasteiger partial charge in [-0.1, -0.05) is 13.5 Å². The summed E-state index contributed by atoms with van der Waals surface area (Å²) in [5.74, 6) is 0.649. The number of fused-ring (bicyclic) bond motifs is 1. The predicted molar refractivity (Wildman–Crippen MR) is 76.4 cm³/mol. The topological polar surface area (TPSA) is 61.8 Å². The molecule has 1 saturated carbocycles. The summed E-state index contributed by atoms with van der Waals surface area (Å²) in [4.78, 5) is 22.9. The van der Waals surface area contributed by atoms with E-state index >= 15 is 0 Å². The van der Waals surface area contributed by atoms with Crippen LogP contribution in [-0.4, -0.2) is 37.4 Å². The van der Waals surface area contributed by atoms with E-state index in [1.807, 2.05) is 6.92 Å². The highest BCUT2D eigenvalue weighted by Crippen LogP contribution is 2.44. The average molecular weight is 296 g/mol. The molecule has 2 aliphatic rings. The van der Waals surface area contributed by atoms with Crippen LogP contribution in [0.3, 0.4) is 0 Å². The van der Waals surface area contributed by atoms with Crippen LogP contribution in [0.5, 0.6) is 0 Å². The molecule has 5 unspecified atom stereocenters. The highest BCUT2D eigenvalue weighted by molar-refractivity contribution is 5.88. The largest absolute Gasteiger partial charge is 0.457 e. The standard InChI is InChI=1S/C16H24O5/c1-9(2)16(18)20-8-14(17)21-11(4)15-13-6-10(3)5-12(13)7-19-15/h10-13,15H,1,5-8H2,2-4H3. The van der Waals surface area contributed by atoms with E-state index in [0.717, 1.165) is 13.0 Å². The highest BCUT2D eigenvalue weighted by Gasteiger charge is 2.46. The molecule has 21 heavy (non-hydrogen) atoms. The van der Waals surface area contributed by atoms with Gasteiger partial charge in [0.1, 0.15) is 6.10 Å². The Kier molecular flexibility index (Phi) is 5.04. The first kappa shape index (κ1) is 16.0. The first-order valence-electron chi connectivity index (χ1n) is 7.52. The number of hydrogen-bond donors (Lipinski definition) is 0. The van der Waals surface area contributed by atoms with E-state index in [0.29, 0.717) is 17.8 Å². The molecule has 1 saturated heterocycles. The SMILES string of the molecule is C=C(C)C(=O)OCC(=O)OC(C)C1OCC2CC(C)CC21. The third kappa shape index (κ3) is 3.84. The van der Waals surface area contributed by atoms with E-state index in [-0.39, 0.29) is 24.4 Å². The Morgan fingerprint density at radius 3 is 2.76 bits per heavy atom. The fourth-order valence-corrected chi connectivity index (χ4v) is 3.44. The van der Waals surface area contributed by atoms with Crippen molar-refractivity contribution in [2.75, 3.05) is 13.2 Å². The Morgan fingerprint density at radius 1 is 1.38 bits per heavy atom. The van der Waals surface area contributed by atoms with E-state index in [9.17, 15) is 9.59 Å². The Balaban J connectivity index is 1.79. The summed E-state index contributed by atoms with van der Waals surface area (Å²) in [7, 11) is 0. The van der Waals surface area contributed by atoms with E-state index in [4.69, 9.17) is 14.2 Å². The maximum Gasteiger partial charge on any atom is 0.344 e. The molecule has 2 fully saturated rings. The van der Waals surface area contributed by atoms with Crippen molar-refractivity contribution >= 4 is 11.9 Å². The Labute approximate surface area is 125 Å². The second-order valence-electron chi connectivity index (χ2n) is 6.35. The van der Waals surface area contributed by atoms with Crippen LogP contribution in [0.2, 0.25) is 0 Å². The average Bonchev–Trinajstić information content (AvgIpc) is 2.94. The Bertz CT molecular complexity index is 430. The van der Waals surface area contributed by atoms with Gasteiger partial charge in [0.2, 0.25) is 0 Å². The van der Waals surface area contributed by atoms with Crippen LogP contribution in [0.4, 0.5) is 0 Å². The first-order chi connectivity index (χ1) is 9.88. The van der Waals surface area contributed by atoms with Crippen molar-refractivity contribution in [2.45, 2.75) is 45.8 Å². The minimum absolute atomic E-state index is 0.0410. The lowest BCUT2D eigenvalue weighted by molar-refractivity contribution is -0.165. The highest BCUT2D eigenvalue weighted by atomic mass is 16.6. The zero-order valence-electron chi connectivity index (χ0n) is 13.0. The summed E-state index contributed by atoms with van der Waals surface area (Å²) in [6.45, 7) is 9.45. The predicted octanol–water partition coefficient (Wildman–Crippen LogP) is 2.10. The van der Waals surface area contributed by atoms with Gasteiger partial charge in [-0.15, -0.1) is 0 Å². The van der Waals surface area contributed by atoms with Crippen molar-refractivity contribution < 1.29 is 23.8 Å².